The minimum Gasteiger partial charge on any atom is -0.493 e. The number of nitrogens with zero attached hydrogens (tertiary/aromatic N) is 3. The second-order valence-corrected chi connectivity index (χ2v) is 6.81. The van der Waals surface area contributed by atoms with Crippen LogP contribution in [0, 0.1) is 0 Å². The number of ether oxygens (including phenoxy) is 2. The number of rotatable bonds is 7. The summed E-state index contributed by atoms with van der Waals surface area (Å²) in [6.07, 6.45) is 4.06. The van der Waals surface area contributed by atoms with Crippen LogP contribution in [-0.4, -0.2) is 56.3 Å². The lowest BCUT2D eigenvalue weighted by Gasteiger charge is -2.40. The number of anilines is 1. The molecule has 3 rings (SSSR count). The van der Waals surface area contributed by atoms with Crippen molar-refractivity contribution in [1.82, 2.24) is 9.88 Å². The van der Waals surface area contributed by atoms with Crippen LogP contribution in [0.1, 0.15) is 18.9 Å². The van der Waals surface area contributed by atoms with E-state index in [9.17, 15) is 0 Å². The van der Waals surface area contributed by atoms with E-state index in [0.29, 0.717) is 6.04 Å². The summed E-state index contributed by atoms with van der Waals surface area (Å²) in [5.74, 6) is 2.68. The third-order valence-electron chi connectivity index (χ3n) is 5.10. The Bertz CT molecular complexity index is 699. The van der Waals surface area contributed by atoms with Gasteiger partial charge in [-0.2, -0.15) is 0 Å². The first-order valence-corrected chi connectivity index (χ1v) is 9.32. The molecule has 0 spiro atoms. The van der Waals surface area contributed by atoms with Gasteiger partial charge in [0.25, 0.3) is 0 Å². The first-order chi connectivity index (χ1) is 12.7. The van der Waals surface area contributed by atoms with Crippen LogP contribution in [0.15, 0.2) is 42.6 Å². The number of aromatic nitrogens is 1. The molecular formula is C21H30ClN3O2. The Morgan fingerprint density at radius 3 is 2.56 bits per heavy atom. The molecule has 148 valence electrons. The van der Waals surface area contributed by atoms with Gasteiger partial charge in [0.15, 0.2) is 11.5 Å². The zero-order chi connectivity index (χ0) is 18.4. The van der Waals surface area contributed by atoms with Crippen LogP contribution in [0.3, 0.4) is 0 Å². The molecule has 1 aliphatic heterocycles. The minimum absolute atomic E-state index is 0. The van der Waals surface area contributed by atoms with Crippen LogP contribution in [0.5, 0.6) is 11.5 Å². The van der Waals surface area contributed by atoms with Gasteiger partial charge >= 0.3 is 0 Å². The topological polar surface area (TPSA) is 37.8 Å². The lowest BCUT2D eigenvalue weighted by Crippen LogP contribution is -2.52. The van der Waals surface area contributed by atoms with Crippen molar-refractivity contribution >= 4 is 18.2 Å². The highest BCUT2D eigenvalue weighted by molar-refractivity contribution is 5.85. The molecule has 1 fully saturated rings. The number of benzene rings is 1. The summed E-state index contributed by atoms with van der Waals surface area (Å²) in [5, 5.41) is 0. The minimum atomic E-state index is 0. The molecule has 0 aliphatic carbocycles. The summed E-state index contributed by atoms with van der Waals surface area (Å²) in [6, 6.07) is 12.9. The van der Waals surface area contributed by atoms with Crippen molar-refractivity contribution in [2.75, 3.05) is 45.3 Å². The third kappa shape index (κ3) is 5.50. The average molecular weight is 392 g/mol. The summed E-state index contributed by atoms with van der Waals surface area (Å²) >= 11 is 0. The van der Waals surface area contributed by atoms with Gasteiger partial charge in [-0.1, -0.05) is 12.1 Å². The van der Waals surface area contributed by atoms with E-state index in [1.807, 2.05) is 18.3 Å². The normalized spacial score (nSPS) is 17.3. The number of methoxy groups -OCH3 is 2. The molecule has 0 amide bonds. The summed E-state index contributed by atoms with van der Waals surface area (Å²) in [4.78, 5) is 9.45. The van der Waals surface area contributed by atoms with Crippen LogP contribution in [0.4, 0.5) is 5.82 Å². The molecule has 0 radical (unpaired) electrons. The van der Waals surface area contributed by atoms with Gasteiger partial charge in [-0.25, -0.2) is 4.98 Å². The standard InChI is InChI=1S/C21H29N3O2.ClH/c1-17-16-24(21-8-4-5-11-22-21)14-13-23(17)12-6-7-18-9-10-19(25-2)20(15-18)26-3;/h4-5,8-11,15,17H,6-7,12-14,16H2,1-3H3;1H. The summed E-state index contributed by atoms with van der Waals surface area (Å²) < 4.78 is 10.7. The fourth-order valence-corrected chi connectivity index (χ4v) is 3.60. The predicted octanol–water partition coefficient (Wildman–Crippen LogP) is 3.66. The first kappa shape index (κ1) is 21.3. The Kier molecular flexibility index (Phi) is 8.20. The number of halogens is 1. The van der Waals surface area contributed by atoms with Gasteiger partial charge in [-0.15, -0.1) is 12.4 Å². The molecule has 27 heavy (non-hydrogen) atoms. The highest BCUT2D eigenvalue weighted by Gasteiger charge is 2.23. The maximum Gasteiger partial charge on any atom is 0.160 e. The molecule has 2 aromatic rings. The van der Waals surface area contributed by atoms with Crippen LogP contribution in [0.25, 0.3) is 0 Å². The number of hydrogen-bond acceptors (Lipinski definition) is 5. The van der Waals surface area contributed by atoms with E-state index >= 15 is 0 Å². The highest BCUT2D eigenvalue weighted by atomic mass is 35.5. The zero-order valence-electron chi connectivity index (χ0n) is 16.4. The molecule has 1 atom stereocenters. The van der Waals surface area contributed by atoms with Crippen LogP contribution >= 0.6 is 12.4 Å². The molecule has 0 saturated carbocycles. The second kappa shape index (κ2) is 10.4. The Hall–Kier alpha value is -1.98. The van der Waals surface area contributed by atoms with Crippen molar-refractivity contribution in [3.8, 4) is 11.5 Å². The van der Waals surface area contributed by atoms with Crippen molar-refractivity contribution < 1.29 is 9.47 Å². The smallest absolute Gasteiger partial charge is 0.160 e. The molecule has 5 nitrogen and oxygen atoms in total. The van der Waals surface area contributed by atoms with Crippen LogP contribution in [-0.2, 0) is 6.42 Å². The van der Waals surface area contributed by atoms with Crippen molar-refractivity contribution in [3.05, 3.63) is 48.2 Å². The second-order valence-electron chi connectivity index (χ2n) is 6.81. The largest absolute Gasteiger partial charge is 0.493 e. The molecule has 6 heteroatoms. The van der Waals surface area contributed by atoms with Gasteiger partial charge in [0.2, 0.25) is 0 Å². The number of aryl methyl sites for hydroxylation is 1. The maximum atomic E-state index is 5.40. The molecule has 1 saturated heterocycles. The summed E-state index contributed by atoms with van der Waals surface area (Å²) in [7, 11) is 3.36. The van der Waals surface area contributed by atoms with E-state index in [1.165, 1.54) is 5.56 Å². The van der Waals surface area contributed by atoms with Gasteiger partial charge in [-0.3, -0.25) is 4.90 Å². The lowest BCUT2D eigenvalue weighted by molar-refractivity contribution is 0.187. The Balaban J connectivity index is 0.00000261. The van der Waals surface area contributed by atoms with E-state index in [1.54, 1.807) is 14.2 Å². The molecule has 1 unspecified atom stereocenters. The fourth-order valence-electron chi connectivity index (χ4n) is 3.60. The molecular weight excluding hydrogens is 362 g/mol. The summed E-state index contributed by atoms with van der Waals surface area (Å²) in [6.45, 7) is 6.59. The zero-order valence-corrected chi connectivity index (χ0v) is 17.2. The predicted molar refractivity (Wildman–Crippen MR) is 113 cm³/mol. The first-order valence-electron chi connectivity index (χ1n) is 9.32. The number of piperazine rings is 1. The van der Waals surface area contributed by atoms with Crippen molar-refractivity contribution in [2.45, 2.75) is 25.8 Å². The van der Waals surface area contributed by atoms with Gasteiger partial charge in [0, 0.05) is 31.9 Å². The average Bonchev–Trinajstić information content (AvgIpc) is 2.69. The third-order valence-corrected chi connectivity index (χ3v) is 5.10. The van der Waals surface area contributed by atoms with Crippen molar-refractivity contribution in [2.24, 2.45) is 0 Å². The Morgan fingerprint density at radius 1 is 1.07 bits per heavy atom. The SMILES string of the molecule is COc1ccc(CCCN2CCN(c3ccccn3)CC2C)cc1OC.Cl. The Morgan fingerprint density at radius 2 is 1.89 bits per heavy atom. The highest BCUT2D eigenvalue weighted by Crippen LogP contribution is 2.28. The van der Waals surface area contributed by atoms with E-state index in [0.717, 1.165) is 56.3 Å². The van der Waals surface area contributed by atoms with Crippen molar-refractivity contribution in [1.29, 1.82) is 0 Å². The quantitative estimate of drug-likeness (QED) is 0.720. The molecule has 0 N–H and O–H groups in total. The van der Waals surface area contributed by atoms with Gasteiger partial charge in [0.05, 0.1) is 14.2 Å². The van der Waals surface area contributed by atoms with Gasteiger partial charge < -0.3 is 14.4 Å². The van der Waals surface area contributed by atoms with E-state index < -0.39 is 0 Å². The van der Waals surface area contributed by atoms with Gasteiger partial charge in [-0.05, 0) is 56.1 Å². The molecule has 1 aromatic heterocycles. The fraction of sp³-hybridized carbons (Fsp3) is 0.476. The molecule has 0 bridgehead atoms. The van der Waals surface area contributed by atoms with Crippen LogP contribution in [0.2, 0.25) is 0 Å². The Labute approximate surface area is 168 Å². The lowest BCUT2D eigenvalue weighted by atomic mass is 10.1. The maximum absolute atomic E-state index is 5.40. The van der Waals surface area contributed by atoms with E-state index in [2.05, 4.69) is 46.0 Å². The summed E-state index contributed by atoms with van der Waals surface area (Å²) in [5.41, 5.74) is 1.29. The van der Waals surface area contributed by atoms with Crippen molar-refractivity contribution in [3.63, 3.8) is 0 Å². The van der Waals surface area contributed by atoms with E-state index in [-0.39, 0.29) is 12.4 Å². The van der Waals surface area contributed by atoms with Gasteiger partial charge in [0.1, 0.15) is 5.82 Å². The molecule has 1 aliphatic rings. The van der Waals surface area contributed by atoms with E-state index in [4.69, 9.17) is 9.47 Å². The molecule has 2 heterocycles. The number of hydrogen-bond donors (Lipinski definition) is 0. The van der Waals surface area contributed by atoms with Crippen LogP contribution < -0.4 is 14.4 Å². The molecule has 1 aromatic carbocycles. The monoisotopic (exact) mass is 391 g/mol. The number of pyridine rings is 1.